The molecule has 0 aromatic rings. The zero-order valence-corrected chi connectivity index (χ0v) is 8.84. The lowest BCUT2D eigenvalue weighted by Gasteiger charge is -2.28. The fraction of sp³-hybridized carbons (Fsp3) is 1.00. The van der Waals surface area contributed by atoms with Gasteiger partial charge in [-0.1, -0.05) is 20.8 Å². The minimum absolute atomic E-state index is 0.753. The van der Waals surface area contributed by atoms with E-state index in [0.29, 0.717) is 0 Å². The highest BCUT2D eigenvalue weighted by Gasteiger charge is 2.11. The van der Waals surface area contributed by atoms with Crippen LogP contribution >= 0.6 is 0 Å². The van der Waals surface area contributed by atoms with Crippen molar-refractivity contribution in [3.05, 3.63) is 0 Å². The number of rotatable bonds is 7. The Hall–Kier alpha value is -0.0800. The second kappa shape index (κ2) is 7.56. The molecule has 1 atom stereocenters. The van der Waals surface area contributed by atoms with Crippen molar-refractivity contribution in [2.75, 3.05) is 19.6 Å². The largest absolute Gasteiger partial charge is 0.330 e. The van der Waals surface area contributed by atoms with E-state index in [1.807, 2.05) is 0 Å². The Morgan fingerprint density at radius 3 is 2.08 bits per heavy atom. The molecule has 0 aliphatic rings. The molecule has 0 aliphatic heterocycles. The van der Waals surface area contributed by atoms with Crippen LogP contribution < -0.4 is 5.73 Å². The molecule has 0 saturated carbocycles. The van der Waals surface area contributed by atoms with Gasteiger partial charge in [0.25, 0.3) is 0 Å². The van der Waals surface area contributed by atoms with Gasteiger partial charge < -0.3 is 10.6 Å². The van der Waals surface area contributed by atoms with Gasteiger partial charge >= 0.3 is 0 Å². The Balaban J connectivity index is 3.75. The van der Waals surface area contributed by atoms with E-state index in [-0.39, 0.29) is 0 Å². The van der Waals surface area contributed by atoms with E-state index in [1.54, 1.807) is 0 Å². The van der Waals surface area contributed by atoms with Crippen LogP contribution in [-0.2, 0) is 0 Å². The molecule has 74 valence electrons. The summed E-state index contributed by atoms with van der Waals surface area (Å²) in [5.41, 5.74) is 5.50. The van der Waals surface area contributed by atoms with Gasteiger partial charge in [-0.05, 0) is 38.9 Å². The van der Waals surface area contributed by atoms with E-state index >= 15 is 0 Å². The van der Waals surface area contributed by atoms with Gasteiger partial charge in [0.1, 0.15) is 0 Å². The first-order valence-electron chi connectivity index (χ1n) is 5.24. The van der Waals surface area contributed by atoms with Gasteiger partial charge in [0, 0.05) is 6.04 Å². The van der Waals surface area contributed by atoms with Gasteiger partial charge in [0.15, 0.2) is 0 Å². The highest BCUT2D eigenvalue weighted by Crippen LogP contribution is 2.09. The number of nitrogens with two attached hydrogens (primary N) is 1. The molecule has 2 nitrogen and oxygen atoms in total. The van der Waals surface area contributed by atoms with E-state index in [0.717, 1.165) is 19.0 Å². The molecule has 0 aromatic heterocycles. The van der Waals surface area contributed by atoms with Crippen LogP contribution in [0, 0.1) is 0 Å². The maximum atomic E-state index is 5.50. The normalized spacial score (nSPS) is 13.8. The van der Waals surface area contributed by atoms with E-state index in [2.05, 4.69) is 25.7 Å². The number of hydrogen-bond donors (Lipinski definition) is 1. The van der Waals surface area contributed by atoms with Gasteiger partial charge in [-0.2, -0.15) is 0 Å². The van der Waals surface area contributed by atoms with E-state index in [9.17, 15) is 0 Å². The van der Waals surface area contributed by atoms with Crippen LogP contribution in [0.25, 0.3) is 0 Å². The first kappa shape index (κ1) is 11.9. The molecule has 2 heteroatoms. The third kappa shape index (κ3) is 4.07. The molecule has 0 heterocycles. The molecular formula is C10H24N2. The summed E-state index contributed by atoms with van der Waals surface area (Å²) in [6.45, 7) is 9.89. The minimum Gasteiger partial charge on any atom is -0.330 e. The van der Waals surface area contributed by atoms with Gasteiger partial charge in [-0.3, -0.25) is 0 Å². The fourth-order valence-corrected chi connectivity index (χ4v) is 1.74. The summed E-state index contributed by atoms with van der Waals surface area (Å²) < 4.78 is 0. The van der Waals surface area contributed by atoms with Crippen molar-refractivity contribution in [2.45, 2.75) is 46.1 Å². The Morgan fingerprint density at radius 1 is 1.17 bits per heavy atom. The zero-order chi connectivity index (χ0) is 9.40. The van der Waals surface area contributed by atoms with E-state index < -0.39 is 0 Å². The maximum Gasteiger partial charge on any atom is 0.00928 e. The zero-order valence-electron chi connectivity index (χ0n) is 8.84. The summed E-state index contributed by atoms with van der Waals surface area (Å²) in [6.07, 6.45) is 3.67. The highest BCUT2D eigenvalue weighted by molar-refractivity contribution is 4.68. The van der Waals surface area contributed by atoms with Gasteiger partial charge in [0.2, 0.25) is 0 Å². The molecule has 0 radical (unpaired) electrons. The Bertz CT molecular complexity index is 89.8. The summed E-state index contributed by atoms with van der Waals surface area (Å²) in [5.74, 6) is 0. The predicted molar refractivity (Wildman–Crippen MR) is 55.3 cm³/mol. The third-order valence-electron chi connectivity index (χ3n) is 2.54. The van der Waals surface area contributed by atoms with Crippen LogP contribution in [0.5, 0.6) is 0 Å². The number of hydrogen-bond acceptors (Lipinski definition) is 2. The Kier molecular flexibility index (Phi) is 7.51. The predicted octanol–water partition coefficient (Wildman–Crippen LogP) is 1.85. The molecule has 1 unspecified atom stereocenters. The smallest absolute Gasteiger partial charge is 0.00928 e. The van der Waals surface area contributed by atoms with E-state index in [4.69, 9.17) is 5.73 Å². The van der Waals surface area contributed by atoms with Crippen LogP contribution in [0.2, 0.25) is 0 Å². The van der Waals surface area contributed by atoms with Gasteiger partial charge in [-0.25, -0.2) is 0 Å². The van der Waals surface area contributed by atoms with Gasteiger partial charge in [-0.15, -0.1) is 0 Å². The monoisotopic (exact) mass is 172 g/mol. The second-order valence-corrected chi connectivity index (χ2v) is 3.21. The standard InChI is InChI=1S/C10H24N2/c1-4-10(8-7-9-11)12(5-2)6-3/h10H,4-9,11H2,1-3H3. The number of nitrogens with zero attached hydrogens (tertiary/aromatic N) is 1. The van der Waals surface area contributed by atoms with Crippen LogP contribution in [-0.4, -0.2) is 30.6 Å². The topological polar surface area (TPSA) is 29.3 Å². The Labute approximate surface area is 77.1 Å². The Morgan fingerprint density at radius 2 is 1.75 bits per heavy atom. The molecule has 0 saturated heterocycles. The third-order valence-corrected chi connectivity index (χ3v) is 2.54. The summed E-state index contributed by atoms with van der Waals surface area (Å²) in [4.78, 5) is 2.52. The van der Waals surface area contributed by atoms with E-state index in [1.165, 1.54) is 25.9 Å². The lowest BCUT2D eigenvalue weighted by molar-refractivity contribution is 0.198. The fourth-order valence-electron chi connectivity index (χ4n) is 1.74. The quantitative estimate of drug-likeness (QED) is 0.635. The maximum absolute atomic E-state index is 5.50. The van der Waals surface area contributed by atoms with Crippen LogP contribution in [0.15, 0.2) is 0 Å². The molecule has 0 spiro atoms. The minimum atomic E-state index is 0.753. The average Bonchev–Trinajstić information content (AvgIpc) is 2.12. The average molecular weight is 172 g/mol. The summed E-state index contributed by atoms with van der Waals surface area (Å²) in [7, 11) is 0. The van der Waals surface area contributed by atoms with Crippen molar-refractivity contribution in [3.8, 4) is 0 Å². The summed E-state index contributed by atoms with van der Waals surface area (Å²) in [6, 6.07) is 0.753. The first-order valence-corrected chi connectivity index (χ1v) is 5.24. The van der Waals surface area contributed by atoms with Crippen molar-refractivity contribution < 1.29 is 0 Å². The van der Waals surface area contributed by atoms with Crippen LogP contribution in [0.4, 0.5) is 0 Å². The highest BCUT2D eigenvalue weighted by atomic mass is 15.1. The van der Waals surface area contributed by atoms with Crippen molar-refractivity contribution in [1.29, 1.82) is 0 Å². The van der Waals surface area contributed by atoms with Crippen LogP contribution in [0.1, 0.15) is 40.0 Å². The SMILES string of the molecule is CCC(CCCN)N(CC)CC. The summed E-state index contributed by atoms with van der Waals surface area (Å²) in [5, 5.41) is 0. The van der Waals surface area contributed by atoms with Crippen molar-refractivity contribution in [2.24, 2.45) is 5.73 Å². The molecule has 0 amide bonds. The second-order valence-electron chi connectivity index (χ2n) is 3.21. The first-order chi connectivity index (χ1) is 5.79. The van der Waals surface area contributed by atoms with Gasteiger partial charge in [0.05, 0.1) is 0 Å². The van der Waals surface area contributed by atoms with Crippen LogP contribution in [0.3, 0.4) is 0 Å². The molecule has 12 heavy (non-hydrogen) atoms. The van der Waals surface area contributed by atoms with Crippen molar-refractivity contribution in [1.82, 2.24) is 4.90 Å². The molecular weight excluding hydrogens is 148 g/mol. The molecule has 0 bridgehead atoms. The molecule has 2 N–H and O–H groups in total. The molecule has 0 rings (SSSR count). The van der Waals surface area contributed by atoms with Crippen molar-refractivity contribution in [3.63, 3.8) is 0 Å². The lowest BCUT2D eigenvalue weighted by atomic mass is 10.1. The molecule has 0 fully saturated rings. The van der Waals surface area contributed by atoms with Crippen molar-refractivity contribution >= 4 is 0 Å². The molecule has 0 aromatic carbocycles. The molecule has 0 aliphatic carbocycles. The summed E-state index contributed by atoms with van der Waals surface area (Å²) >= 11 is 0. The lowest BCUT2D eigenvalue weighted by Crippen LogP contribution is -2.34.